The lowest BCUT2D eigenvalue weighted by Crippen LogP contribution is -2.52. The molecule has 17 heteroatoms. The summed E-state index contributed by atoms with van der Waals surface area (Å²) in [6.45, 7) is 4.32. The third-order valence-electron chi connectivity index (χ3n) is 11.6. The number of nitrogens with zero attached hydrogens (tertiary/aromatic N) is 6. The maximum atomic E-state index is 13.5. The molecule has 0 radical (unpaired) electrons. The number of fused-ring (bicyclic) bond motifs is 2. The standard InChI is InChI=1S/C41H46N10O7/c1-22(2)34(49-40(56)58-4)37(54)50-14-5-6-33(50)35-44-20-31(45-35)24-9-7-23(8-10-24)29-18-43-30(19-42-29)25-11-12-27-28(16-25)47-38(46-27)41-17-26(41)13-15-51(41)36(53)32(21-52)48-39(55)57-3/h7-12,16,18-20,22,26,32-34,52H,5-6,13-15,17,21H2,1-4H3,(H,44,45)(H,46,47)(H,48,55)(H,49,56). The maximum Gasteiger partial charge on any atom is 0.407 e. The van der Waals surface area contributed by atoms with Gasteiger partial charge in [-0.15, -0.1) is 0 Å². The molecule has 5 aromatic rings. The number of alkyl carbamates (subject to hydrolysis) is 2. The number of imidazole rings is 2. The smallest absolute Gasteiger partial charge is 0.407 e. The van der Waals surface area contributed by atoms with Gasteiger partial charge in [0.2, 0.25) is 11.8 Å². The molecule has 8 rings (SSSR count). The molecule has 0 spiro atoms. The number of H-pyrrole nitrogens is 2. The topological polar surface area (TPSA) is 221 Å². The van der Waals surface area contributed by atoms with E-state index in [1.165, 1.54) is 14.2 Å². The largest absolute Gasteiger partial charge is 0.453 e. The maximum absolute atomic E-state index is 13.5. The van der Waals surface area contributed by atoms with Crippen molar-refractivity contribution >= 4 is 35.0 Å². The summed E-state index contributed by atoms with van der Waals surface area (Å²) < 4.78 is 9.39. The second-order valence-corrected chi connectivity index (χ2v) is 15.4. The Morgan fingerprint density at radius 2 is 1.55 bits per heavy atom. The number of nitrogens with one attached hydrogen (secondary N) is 4. The molecule has 5 heterocycles. The van der Waals surface area contributed by atoms with Crippen molar-refractivity contribution in [3.63, 3.8) is 0 Å². The van der Waals surface area contributed by atoms with E-state index in [0.717, 1.165) is 59.1 Å². The first-order valence-electron chi connectivity index (χ1n) is 19.4. The summed E-state index contributed by atoms with van der Waals surface area (Å²) >= 11 is 0. The highest BCUT2D eigenvalue weighted by Crippen LogP contribution is 2.62. The quantitative estimate of drug-likeness (QED) is 0.127. The van der Waals surface area contributed by atoms with Gasteiger partial charge >= 0.3 is 12.2 Å². The molecule has 3 fully saturated rings. The minimum absolute atomic E-state index is 0.118. The van der Waals surface area contributed by atoms with E-state index in [9.17, 15) is 24.3 Å². The van der Waals surface area contributed by atoms with Crippen LogP contribution in [0.1, 0.15) is 57.2 Å². The van der Waals surface area contributed by atoms with E-state index in [0.29, 0.717) is 36.1 Å². The first-order chi connectivity index (χ1) is 28.0. The van der Waals surface area contributed by atoms with Crippen LogP contribution in [0.5, 0.6) is 0 Å². The number of rotatable bonds is 11. The Bertz CT molecular complexity index is 2340. The van der Waals surface area contributed by atoms with Gasteiger partial charge < -0.3 is 45.0 Å². The average molecular weight is 791 g/mol. The number of aliphatic hydroxyl groups is 1. The van der Waals surface area contributed by atoms with Gasteiger partial charge in [-0.25, -0.2) is 19.6 Å². The number of methoxy groups -OCH3 is 2. The van der Waals surface area contributed by atoms with Crippen molar-refractivity contribution in [2.45, 2.75) is 63.2 Å². The molecule has 0 bridgehead atoms. The molecule has 1 saturated carbocycles. The molecule has 5 N–H and O–H groups in total. The Morgan fingerprint density at radius 1 is 0.862 bits per heavy atom. The van der Waals surface area contributed by atoms with E-state index in [1.54, 1.807) is 28.4 Å². The molecule has 5 atom stereocenters. The zero-order valence-electron chi connectivity index (χ0n) is 32.7. The fourth-order valence-electron chi connectivity index (χ4n) is 8.44. The Morgan fingerprint density at radius 3 is 2.22 bits per heavy atom. The van der Waals surface area contributed by atoms with Gasteiger partial charge in [0.15, 0.2) is 0 Å². The summed E-state index contributed by atoms with van der Waals surface area (Å²) in [7, 11) is 2.49. The van der Waals surface area contributed by atoms with Gasteiger partial charge in [-0.2, -0.15) is 0 Å². The second kappa shape index (κ2) is 15.5. The van der Waals surface area contributed by atoms with Crippen molar-refractivity contribution < 1.29 is 33.8 Å². The van der Waals surface area contributed by atoms with Crippen molar-refractivity contribution in [2.75, 3.05) is 33.9 Å². The van der Waals surface area contributed by atoms with Crippen LogP contribution in [0.2, 0.25) is 0 Å². The van der Waals surface area contributed by atoms with Crippen LogP contribution < -0.4 is 10.6 Å². The molecule has 17 nitrogen and oxygen atoms in total. The molecule has 4 amide bonds. The fraction of sp³-hybridized carbons (Fsp3) is 0.415. The van der Waals surface area contributed by atoms with Gasteiger partial charge in [0, 0.05) is 24.2 Å². The number of amides is 4. The molecular weight excluding hydrogens is 745 g/mol. The first kappa shape index (κ1) is 38.5. The van der Waals surface area contributed by atoms with Crippen LogP contribution in [0.4, 0.5) is 9.59 Å². The van der Waals surface area contributed by atoms with Gasteiger partial charge in [0.05, 0.1) is 73.6 Å². The highest BCUT2D eigenvalue weighted by atomic mass is 16.5. The molecule has 2 aliphatic heterocycles. The molecule has 2 saturated heterocycles. The van der Waals surface area contributed by atoms with E-state index in [-0.39, 0.29) is 29.7 Å². The Balaban J connectivity index is 0.942. The molecule has 5 unspecified atom stereocenters. The lowest BCUT2D eigenvalue weighted by Gasteiger charge is -2.30. The number of likely N-dealkylation sites (tertiary alicyclic amines) is 2. The van der Waals surface area contributed by atoms with Gasteiger partial charge in [-0.3, -0.25) is 19.6 Å². The average Bonchev–Trinajstić information content (AvgIpc) is 3.81. The number of carbonyl (C=O) groups excluding carboxylic acids is 4. The van der Waals surface area contributed by atoms with Gasteiger partial charge in [0.1, 0.15) is 29.3 Å². The van der Waals surface area contributed by atoms with Crippen LogP contribution in [-0.2, 0) is 24.6 Å². The van der Waals surface area contributed by atoms with E-state index < -0.39 is 36.4 Å². The third-order valence-corrected chi connectivity index (χ3v) is 11.6. The normalized spacial score (nSPS) is 20.8. The zero-order chi connectivity index (χ0) is 40.7. The van der Waals surface area contributed by atoms with Crippen molar-refractivity contribution in [2.24, 2.45) is 11.8 Å². The number of aromatic amines is 2. The van der Waals surface area contributed by atoms with E-state index >= 15 is 0 Å². The molecule has 58 heavy (non-hydrogen) atoms. The molecule has 3 aliphatic rings. The second-order valence-electron chi connectivity index (χ2n) is 15.4. The van der Waals surface area contributed by atoms with Crippen LogP contribution >= 0.6 is 0 Å². The summed E-state index contributed by atoms with van der Waals surface area (Å²) in [6, 6.07) is 11.7. The van der Waals surface area contributed by atoms with Gasteiger partial charge in [-0.1, -0.05) is 44.2 Å². The summed E-state index contributed by atoms with van der Waals surface area (Å²) in [4.78, 5) is 80.1. The summed E-state index contributed by atoms with van der Waals surface area (Å²) in [5.41, 5.74) is 5.81. The summed E-state index contributed by atoms with van der Waals surface area (Å²) in [5.74, 6) is 0.972. The lowest BCUT2D eigenvalue weighted by atomic mass is 10.0. The highest BCUT2D eigenvalue weighted by molar-refractivity contribution is 5.88. The summed E-state index contributed by atoms with van der Waals surface area (Å²) in [6.07, 6.45) is 6.98. The van der Waals surface area contributed by atoms with Crippen LogP contribution in [0, 0.1) is 11.8 Å². The summed E-state index contributed by atoms with van der Waals surface area (Å²) in [5, 5.41) is 15.0. The lowest BCUT2D eigenvalue weighted by molar-refractivity contribution is -0.137. The number of benzene rings is 2. The third kappa shape index (κ3) is 6.99. The van der Waals surface area contributed by atoms with Gasteiger partial charge in [0.25, 0.3) is 0 Å². The molecular formula is C41H46N10O7. The van der Waals surface area contributed by atoms with Crippen LogP contribution in [-0.4, -0.2) is 115 Å². The van der Waals surface area contributed by atoms with Crippen LogP contribution in [0.25, 0.3) is 44.8 Å². The highest BCUT2D eigenvalue weighted by Gasteiger charge is 2.66. The van der Waals surface area contributed by atoms with Crippen LogP contribution in [0.3, 0.4) is 0 Å². The number of hydrogen-bond donors (Lipinski definition) is 5. The first-order valence-corrected chi connectivity index (χ1v) is 19.4. The minimum Gasteiger partial charge on any atom is -0.453 e. The van der Waals surface area contributed by atoms with Crippen molar-refractivity contribution in [1.82, 2.24) is 50.3 Å². The predicted molar refractivity (Wildman–Crippen MR) is 211 cm³/mol. The van der Waals surface area contributed by atoms with E-state index in [1.807, 2.05) is 56.3 Å². The predicted octanol–water partition coefficient (Wildman–Crippen LogP) is 4.29. The van der Waals surface area contributed by atoms with E-state index in [2.05, 4.69) is 30.3 Å². The zero-order valence-corrected chi connectivity index (χ0v) is 32.7. The monoisotopic (exact) mass is 790 g/mol. The van der Waals surface area contributed by atoms with E-state index in [4.69, 9.17) is 19.7 Å². The molecule has 2 aromatic carbocycles. The fourth-order valence-corrected chi connectivity index (χ4v) is 8.44. The Labute approximate surface area is 334 Å². The van der Waals surface area contributed by atoms with Crippen LogP contribution in [0.15, 0.2) is 61.1 Å². The number of aliphatic hydroxyl groups excluding tert-OH is 1. The number of carbonyl (C=O) groups is 4. The number of piperidine rings is 1. The minimum atomic E-state index is -1.11. The van der Waals surface area contributed by atoms with Gasteiger partial charge in [-0.05, 0) is 55.2 Å². The Hall–Kier alpha value is -6.36. The van der Waals surface area contributed by atoms with Crippen molar-refractivity contribution in [3.8, 4) is 33.8 Å². The number of ether oxygens (including phenoxy) is 2. The van der Waals surface area contributed by atoms with Crippen molar-refractivity contribution in [1.29, 1.82) is 0 Å². The van der Waals surface area contributed by atoms with Crippen molar-refractivity contribution in [3.05, 3.63) is 72.7 Å². The SMILES string of the molecule is COC(=O)NC(CO)C(=O)N1CCC2CC21c1nc2ccc(-c3cnc(-c4ccc(-c5cnc(C6CCCN6C(=O)C(NC(=O)OC)C(C)C)[nH]5)cc4)cn3)cc2[nH]1. The molecule has 1 aliphatic carbocycles. The molecule has 3 aromatic heterocycles. The number of aromatic nitrogens is 6. The molecule has 302 valence electrons. The Kier molecular flexibility index (Phi) is 10.3. The number of hydrogen-bond acceptors (Lipinski definition) is 11.